The Morgan fingerprint density at radius 3 is 2.80 bits per heavy atom. The first-order valence-electron chi connectivity index (χ1n) is 7.99. The molecule has 4 nitrogen and oxygen atoms in total. The summed E-state index contributed by atoms with van der Waals surface area (Å²) in [7, 11) is 1.67. The van der Waals surface area contributed by atoms with Crippen LogP contribution in [0, 0.1) is 0 Å². The van der Waals surface area contributed by atoms with E-state index < -0.39 is 6.10 Å². The number of aliphatic hydroxyl groups is 1. The molecule has 1 saturated carbocycles. The first-order valence-corrected chi connectivity index (χ1v) is 7.99. The maximum absolute atomic E-state index is 10.2. The van der Waals surface area contributed by atoms with Crippen molar-refractivity contribution in [3.63, 3.8) is 0 Å². The lowest BCUT2D eigenvalue weighted by Crippen LogP contribution is -2.30. The van der Waals surface area contributed by atoms with Crippen molar-refractivity contribution < 1.29 is 9.84 Å². The molecule has 114 valence electrons. The van der Waals surface area contributed by atoms with Crippen LogP contribution in [0.4, 0.5) is 0 Å². The van der Waals surface area contributed by atoms with Gasteiger partial charge >= 0.3 is 0 Å². The highest BCUT2D eigenvalue weighted by Crippen LogP contribution is 2.27. The summed E-state index contributed by atoms with van der Waals surface area (Å²) in [4.78, 5) is 0. The highest BCUT2D eigenvalue weighted by molar-refractivity contribution is 5.02. The summed E-state index contributed by atoms with van der Waals surface area (Å²) < 4.78 is 7.46. The Morgan fingerprint density at radius 1 is 1.40 bits per heavy atom. The zero-order chi connectivity index (χ0) is 14.4. The van der Waals surface area contributed by atoms with E-state index in [0.29, 0.717) is 12.5 Å². The number of nitrogens with zero attached hydrogens (tertiary/aromatic N) is 2. The van der Waals surface area contributed by atoms with E-state index in [9.17, 15) is 5.11 Å². The molecule has 1 aliphatic carbocycles. The SMILES string of the molecule is CCCC(OC)C(O)Cc1ccn(C2CCCCC2)n1. The summed E-state index contributed by atoms with van der Waals surface area (Å²) in [6.45, 7) is 2.11. The van der Waals surface area contributed by atoms with Gasteiger partial charge in [0.2, 0.25) is 0 Å². The van der Waals surface area contributed by atoms with Crippen molar-refractivity contribution in [2.45, 2.75) is 76.5 Å². The van der Waals surface area contributed by atoms with E-state index in [1.165, 1.54) is 32.1 Å². The Balaban J connectivity index is 1.91. The second-order valence-corrected chi connectivity index (χ2v) is 5.91. The third kappa shape index (κ3) is 4.06. The standard InChI is InChI=1S/C16H28N2O2/c1-3-7-16(20-2)15(19)12-13-10-11-18(17-13)14-8-5-4-6-9-14/h10-11,14-16,19H,3-9,12H2,1-2H3. The average Bonchev–Trinajstić information content (AvgIpc) is 2.94. The van der Waals surface area contributed by atoms with Crippen LogP contribution in [0.3, 0.4) is 0 Å². The van der Waals surface area contributed by atoms with E-state index in [0.717, 1.165) is 18.5 Å². The maximum Gasteiger partial charge on any atom is 0.0857 e. The van der Waals surface area contributed by atoms with Gasteiger partial charge in [-0.25, -0.2) is 0 Å². The van der Waals surface area contributed by atoms with Crippen molar-refractivity contribution >= 4 is 0 Å². The van der Waals surface area contributed by atoms with Crippen LogP contribution in [0.1, 0.15) is 63.6 Å². The minimum absolute atomic E-state index is 0.0835. The van der Waals surface area contributed by atoms with Crippen molar-refractivity contribution in [3.05, 3.63) is 18.0 Å². The largest absolute Gasteiger partial charge is 0.390 e. The van der Waals surface area contributed by atoms with Crippen LogP contribution in [0.15, 0.2) is 12.3 Å². The van der Waals surface area contributed by atoms with Gasteiger partial charge in [-0.2, -0.15) is 5.10 Å². The lowest BCUT2D eigenvalue weighted by atomic mass is 9.96. The van der Waals surface area contributed by atoms with Gasteiger partial charge in [0, 0.05) is 19.7 Å². The smallest absolute Gasteiger partial charge is 0.0857 e. The van der Waals surface area contributed by atoms with Crippen LogP contribution >= 0.6 is 0 Å². The van der Waals surface area contributed by atoms with Gasteiger partial charge in [0.1, 0.15) is 0 Å². The van der Waals surface area contributed by atoms with E-state index in [1.54, 1.807) is 7.11 Å². The molecule has 4 heteroatoms. The van der Waals surface area contributed by atoms with Crippen molar-refractivity contribution in [2.24, 2.45) is 0 Å². The normalized spacial score (nSPS) is 19.9. The van der Waals surface area contributed by atoms with E-state index in [-0.39, 0.29) is 6.10 Å². The molecular weight excluding hydrogens is 252 g/mol. The second-order valence-electron chi connectivity index (χ2n) is 5.91. The first kappa shape index (κ1) is 15.5. The highest BCUT2D eigenvalue weighted by Gasteiger charge is 2.21. The van der Waals surface area contributed by atoms with Crippen molar-refractivity contribution in [2.75, 3.05) is 7.11 Å². The molecular formula is C16H28N2O2. The Bertz CT molecular complexity index is 386. The van der Waals surface area contributed by atoms with Gasteiger partial charge in [0.05, 0.1) is 23.9 Å². The fourth-order valence-corrected chi connectivity index (χ4v) is 3.13. The average molecular weight is 280 g/mol. The summed E-state index contributed by atoms with van der Waals surface area (Å²) in [5.74, 6) is 0. The third-order valence-electron chi connectivity index (χ3n) is 4.34. The number of aliphatic hydroxyl groups excluding tert-OH is 1. The number of rotatable bonds is 7. The molecule has 2 unspecified atom stereocenters. The summed E-state index contributed by atoms with van der Waals surface area (Å²) in [6, 6.07) is 2.60. The Hall–Kier alpha value is -0.870. The van der Waals surface area contributed by atoms with Gasteiger partial charge < -0.3 is 9.84 Å². The van der Waals surface area contributed by atoms with Gasteiger partial charge in [-0.3, -0.25) is 4.68 Å². The summed E-state index contributed by atoms with van der Waals surface area (Å²) >= 11 is 0. The van der Waals surface area contributed by atoms with Gasteiger partial charge in [-0.15, -0.1) is 0 Å². The van der Waals surface area contributed by atoms with Crippen LogP contribution in [0.2, 0.25) is 0 Å². The van der Waals surface area contributed by atoms with Crippen LogP contribution in [-0.4, -0.2) is 34.2 Å². The molecule has 0 bridgehead atoms. The number of methoxy groups -OCH3 is 1. The number of ether oxygens (including phenoxy) is 1. The summed E-state index contributed by atoms with van der Waals surface area (Å²) in [6.07, 6.45) is 10.5. The van der Waals surface area contributed by atoms with Crippen molar-refractivity contribution in [3.8, 4) is 0 Å². The molecule has 1 N–H and O–H groups in total. The monoisotopic (exact) mass is 280 g/mol. The van der Waals surface area contributed by atoms with Crippen LogP contribution in [0.25, 0.3) is 0 Å². The number of aromatic nitrogens is 2. The molecule has 0 aliphatic heterocycles. The van der Waals surface area contributed by atoms with E-state index in [2.05, 4.69) is 22.9 Å². The predicted molar refractivity (Wildman–Crippen MR) is 79.8 cm³/mol. The Labute approximate surface area is 122 Å². The topological polar surface area (TPSA) is 47.3 Å². The molecule has 20 heavy (non-hydrogen) atoms. The van der Waals surface area contributed by atoms with Crippen LogP contribution in [0.5, 0.6) is 0 Å². The fraction of sp³-hybridized carbons (Fsp3) is 0.812. The molecule has 0 radical (unpaired) electrons. The minimum atomic E-state index is -0.463. The molecule has 0 spiro atoms. The number of hydrogen-bond donors (Lipinski definition) is 1. The Kier molecular flexibility index (Phi) is 6.05. The molecule has 1 aromatic rings. The second kappa shape index (κ2) is 7.79. The fourth-order valence-electron chi connectivity index (χ4n) is 3.13. The lowest BCUT2D eigenvalue weighted by Gasteiger charge is -2.22. The highest BCUT2D eigenvalue weighted by atomic mass is 16.5. The van der Waals surface area contributed by atoms with Crippen LogP contribution in [-0.2, 0) is 11.2 Å². The maximum atomic E-state index is 10.2. The minimum Gasteiger partial charge on any atom is -0.390 e. The van der Waals surface area contributed by atoms with Gasteiger partial charge in [-0.1, -0.05) is 32.6 Å². The van der Waals surface area contributed by atoms with Gasteiger partial charge in [0.15, 0.2) is 0 Å². The van der Waals surface area contributed by atoms with E-state index in [4.69, 9.17) is 4.74 Å². The van der Waals surface area contributed by atoms with Crippen molar-refractivity contribution in [1.82, 2.24) is 9.78 Å². The Morgan fingerprint density at radius 2 is 2.15 bits per heavy atom. The van der Waals surface area contributed by atoms with Gasteiger partial charge in [0.25, 0.3) is 0 Å². The molecule has 0 amide bonds. The lowest BCUT2D eigenvalue weighted by molar-refractivity contribution is -0.0164. The molecule has 2 rings (SSSR count). The van der Waals surface area contributed by atoms with Crippen LogP contribution < -0.4 is 0 Å². The molecule has 1 fully saturated rings. The molecule has 1 aromatic heterocycles. The zero-order valence-electron chi connectivity index (χ0n) is 12.8. The first-order chi connectivity index (χ1) is 9.74. The summed E-state index contributed by atoms with van der Waals surface area (Å²) in [5, 5.41) is 14.9. The molecule has 0 saturated heterocycles. The molecule has 2 atom stereocenters. The third-order valence-corrected chi connectivity index (χ3v) is 4.34. The van der Waals surface area contributed by atoms with Crippen molar-refractivity contribution in [1.29, 1.82) is 0 Å². The molecule has 1 aliphatic rings. The molecule has 0 aromatic carbocycles. The van der Waals surface area contributed by atoms with E-state index in [1.807, 2.05) is 6.07 Å². The quantitative estimate of drug-likeness (QED) is 0.835. The number of hydrogen-bond acceptors (Lipinski definition) is 3. The van der Waals surface area contributed by atoms with Gasteiger partial charge in [-0.05, 0) is 25.3 Å². The summed E-state index contributed by atoms with van der Waals surface area (Å²) in [5.41, 5.74) is 0.973. The predicted octanol–water partition coefficient (Wildman–Crippen LogP) is 3.11. The van der Waals surface area contributed by atoms with E-state index >= 15 is 0 Å². The molecule has 1 heterocycles. The zero-order valence-corrected chi connectivity index (χ0v) is 12.8.